The molecule has 0 aliphatic carbocycles. The number of aromatic nitrogens is 3. The van der Waals surface area contributed by atoms with E-state index in [1.54, 1.807) is 18.2 Å². The van der Waals surface area contributed by atoms with E-state index in [9.17, 15) is 0 Å². The summed E-state index contributed by atoms with van der Waals surface area (Å²) in [6, 6.07) is 54.8. The molecule has 0 amide bonds. The molecule has 0 saturated carbocycles. The molecule has 55 heavy (non-hydrogen) atoms. The van der Waals surface area contributed by atoms with E-state index in [2.05, 4.69) is 84.9 Å². The van der Waals surface area contributed by atoms with E-state index in [1.165, 1.54) is 11.1 Å². The van der Waals surface area contributed by atoms with Crippen LogP contribution >= 0.6 is 0 Å². The van der Waals surface area contributed by atoms with Crippen molar-refractivity contribution in [2.45, 2.75) is 0 Å². The first kappa shape index (κ1) is 27.2. The second kappa shape index (κ2) is 13.8. The molecule has 0 saturated heterocycles. The predicted octanol–water partition coefficient (Wildman–Crippen LogP) is 13.4. The van der Waals surface area contributed by atoms with Gasteiger partial charge >= 0.3 is 0 Å². The van der Waals surface area contributed by atoms with Crippen molar-refractivity contribution in [2.75, 3.05) is 0 Å². The highest BCUT2D eigenvalue weighted by Crippen LogP contribution is 2.38. The summed E-state index contributed by atoms with van der Waals surface area (Å²) in [6.07, 6.45) is 0. The maximum Gasteiger partial charge on any atom is 0.167 e. The van der Waals surface area contributed by atoms with Crippen molar-refractivity contribution in [1.82, 2.24) is 15.0 Å². The van der Waals surface area contributed by atoms with Crippen LogP contribution in [-0.4, -0.2) is 15.0 Å². The molecule has 0 unspecified atom stereocenters. The zero-order valence-corrected chi connectivity index (χ0v) is 29.4. The first-order valence-corrected chi connectivity index (χ1v) is 18.0. The summed E-state index contributed by atoms with van der Waals surface area (Å²) in [4.78, 5) is 14.8. The molecule has 4 nitrogen and oxygen atoms in total. The van der Waals surface area contributed by atoms with Crippen molar-refractivity contribution in [3.05, 3.63) is 200 Å². The molecular formula is C51H33N3O. The van der Waals surface area contributed by atoms with E-state index in [0.29, 0.717) is 39.7 Å². The van der Waals surface area contributed by atoms with Crippen LogP contribution in [0, 0.1) is 0 Å². The van der Waals surface area contributed by atoms with Crippen LogP contribution in [0.15, 0.2) is 204 Å². The Morgan fingerprint density at radius 1 is 0.345 bits per heavy atom. The first-order valence-electron chi connectivity index (χ1n) is 20.5. The summed E-state index contributed by atoms with van der Waals surface area (Å²) in [5.41, 5.74) is 10.9. The second-order valence-electron chi connectivity index (χ2n) is 13.3. The van der Waals surface area contributed by atoms with Crippen molar-refractivity contribution in [3.63, 3.8) is 0 Å². The van der Waals surface area contributed by atoms with Gasteiger partial charge in [0.2, 0.25) is 0 Å². The highest BCUT2D eigenvalue weighted by Gasteiger charge is 2.18. The Morgan fingerprint density at radius 3 is 1.51 bits per heavy atom. The Labute approximate surface area is 326 Å². The zero-order valence-electron chi connectivity index (χ0n) is 34.4. The van der Waals surface area contributed by atoms with Crippen LogP contribution in [0.4, 0.5) is 0 Å². The van der Waals surface area contributed by atoms with Gasteiger partial charge in [-0.25, -0.2) is 15.0 Å². The zero-order chi connectivity index (χ0) is 40.9. The summed E-state index contributed by atoms with van der Waals surface area (Å²) >= 11 is 0. The van der Waals surface area contributed by atoms with Gasteiger partial charge in [0.1, 0.15) is 11.2 Å². The lowest BCUT2D eigenvalue weighted by atomic mass is 9.97. The molecule has 0 radical (unpaired) electrons. The molecule has 0 atom stereocenters. The number of furan rings is 1. The van der Waals surface area contributed by atoms with Crippen molar-refractivity contribution in [1.29, 1.82) is 0 Å². The average molecular weight is 709 g/mol. The van der Waals surface area contributed by atoms with Crippen LogP contribution in [0.3, 0.4) is 0 Å². The number of para-hydroxylation sites is 1. The van der Waals surface area contributed by atoms with E-state index in [1.807, 2.05) is 66.7 Å². The minimum absolute atomic E-state index is 0.108. The van der Waals surface area contributed by atoms with E-state index in [-0.39, 0.29) is 17.6 Å². The van der Waals surface area contributed by atoms with Crippen LogP contribution in [0.25, 0.3) is 101 Å². The van der Waals surface area contributed by atoms with Crippen LogP contribution in [0.2, 0.25) is 0 Å². The highest BCUT2D eigenvalue weighted by atomic mass is 16.3. The lowest BCUT2D eigenvalue weighted by Gasteiger charge is -2.10. The smallest absolute Gasteiger partial charge is 0.167 e. The first-order chi connectivity index (χ1) is 29.3. The monoisotopic (exact) mass is 708 g/mol. The molecule has 2 aromatic heterocycles. The normalized spacial score (nSPS) is 12.5. The number of hydrogen-bond donors (Lipinski definition) is 0. The van der Waals surface area contributed by atoms with Gasteiger partial charge < -0.3 is 4.42 Å². The second-order valence-corrected chi connectivity index (χ2v) is 13.3. The molecule has 2 heterocycles. The molecule has 0 aliphatic heterocycles. The standard InChI is InChI=1S/C51H33N3O/c1-4-12-34(13-5-1)36-22-24-37(25-23-36)38-26-28-39(29-27-38)42-30-31-47-46(33-42)44-20-11-21-45(48(44)55-47)51-53-49(40-16-8-3-9-17-40)52-50(54-51)43-19-10-18-41(32-43)35-14-6-2-7-15-35/h1-33H/i2D,6D,7D,14D,15D. The third kappa shape index (κ3) is 6.26. The Bertz CT molecular complexity index is 3210. The lowest BCUT2D eigenvalue weighted by Crippen LogP contribution is -2.00. The Kier molecular flexibility index (Phi) is 6.85. The van der Waals surface area contributed by atoms with E-state index in [0.717, 1.165) is 44.2 Å². The molecule has 0 N–H and O–H groups in total. The minimum atomic E-state index is -0.439. The van der Waals surface area contributed by atoms with Gasteiger partial charge in [-0.1, -0.05) is 176 Å². The van der Waals surface area contributed by atoms with Gasteiger partial charge in [0.25, 0.3) is 0 Å². The van der Waals surface area contributed by atoms with Gasteiger partial charge in [0.05, 0.1) is 12.4 Å². The maximum absolute atomic E-state index is 8.57. The molecular weight excluding hydrogens is 671 g/mol. The molecule has 0 bridgehead atoms. The molecule has 0 aliphatic rings. The summed E-state index contributed by atoms with van der Waals surface area (Å²) in [7, 11) is 0. The molecule has 258 valence electrons. The predicted molar refractivity (Wildman–Crippen MR) is 225 cm³/mol. The van der Waals surface area contributed by atoms with Crippen molar-refractivity contribution in [2.24, 2.45) is 0 Å². The molecule has 10 rings (SSSR count). The third-order valence-corrected chi connectivity index (χ3v) is 9.86. The number of hydrogen-bond acceptors (Lipinski definition) is 4. The van der Waals surface area contributed by atoms with Crippen LogP contribution in [0.5, 0.6) is 0 Å². The minimum Gasteiger partial charge on any atom is -0.455 e. The Balaban J connectivity index is 1.03. The Morgan fingerprint density at radius 2 is 0.836 bits per heavy atom. The van der Waals surface area contributed by atoms with Crippen molar-refractivity contribution < 1.29 is 11.3 Å². The topological polar surface area (TPSA) is 51.8 Å². The number of benzene rings is 8. The van der Waals surface area contributed by atoms with Gasteiger partial charge in [-0.3, -0.25) is 0 Å². The number of nitrogens with zero attached hydrogens (tertiary/aromatic N) is 3. The van der Waals surface area contributed by atoms with Gasteiger partial charge in [0, 0.05) is 21.9 Å². The number of fused-ring (bicyclic) bond motifs is 3. The Hall–Kier alpha value is -7.43. The fourth-order valence-corrected chi connectivity index (χ4v) is 7.04. The van der Waals surface area contributed by atoms with Crippen LogP contribution in [0.1, 0.15) is 6.85 Å². The van der Waals surface area contributed by atoms with Gasteiger partial charge in [-0.2, -0.15) is 0 Å². The molecule has 4 heteroatoms. The summed E-state index contributed by atoms with van der Waals surface area (Å²) < 4.78 is 48.2. The maximum atomic E-state index is 8.57. The van der Waals surface area contributed by atoms with Gasteiger partial charge in [-0.05, 0) is 68.8 Å². The SMILES string of the molecule is [2H]c1c([2H])c([2H])c(-c2cccc(-c3nc(-c4ccccc4)nc(-c4cccc5c4oc4ccc(-c6ccc(-c7ccc(-c8ccccc8)cc7)cc6)cc45)n3)c2)c([2H])c1[2H]. The van der Waals surface area contributed by atoms with Gasteiger partial charge in [0.15, 0.2) is 17.5 Å². The fraction of sp³-hybridized carbons (Fsp3) is 0. The quantitative estimate of drug-likeness (QED) is 0.165. The average Bonchev–Trinajstić information content (AvgIpc) is 3.69. The van der Waals surface area contributed by atoms with Crippen molar-refractivity contribution in [3.8, 4) is 78.7 Å². The highest BCUT2D eigenvalue weighted by molar-refractivity contribution is 6.10. The van der Waals surface area contributed by atoms with Crippen LogP contribution in [-0.2, 0) is 0 Å². The molecule has 0 spiro atoms. The van der Waals surface area contributed by atoms with E-state index < -0.39 is 18.1 Å². The fourth-order valence-electron chi connectivity index (χ4n) is 7.04. The van der Waals surface area contributed by atoms with E-state index >= 15 is 0 Å². The summed E-state index contributed by atoms with van der Waals surface area (Å²) in [6.45, 7) is 0. The number of rotatable bonds is 7. The molecule has 8 aromatic carbocycles. The largest absolute Gasteiger partial charge is 0.455 e. The third-order valence-electron chi connectivity index (χ3n) is 9.86. The summed E-state index contributed by atoms with van der Waals surface area (Å²) in [5, 5.41) is 1.89. The van der Waals surface area contributed by atoms with E-state index in [4.69, 9.17) is 26.2 Å². The lowest BCUT2D eigenvalue weighted by molar-refractivity contribution is 0.669. The summed E-state index contributed by atoms with van der Waals surface area (Å²) in [5.74, 6) is 1.22. The van der Waals surface area contributed by atoms with Crippen LogP contribution < -0.4 is 0 Å². The van der Waals surface area contributed by atoms with Crippen molar-refractivity contribution >= 4 is 21.9 Å². The van der Waals surface area contributed by atoms with Gasteiger partial charge in [-0.15, -0.1) is 0 Å². The molecule has 10 aromatic rings. The molecule has 0 fully saturated rings.